The quantitative estimate of drug-likeness (QED) is 0.626. The molecule has 0 fully saturated rings. The number of hydrogen-bond acceptors (Lipinski definition) is 6. The van der Waals surface area contributed by atoms with Gasteiger partial charge in [-0.05, 0) is 46.0 Å². The molecule has 6 nitrogen and oxygen atoms in total. The lowest BCUT2D eigenvalue weighted by Gasteiger charge is -2.04. The van der Waals surface area contributed by atoms with E-state index in [4.69, 9.17) is 10.00 Å². The topological polar surface area (TPSA) is 88.2 Å². The average Bonchev–Trinajstić information content (AvgIpc) is 2.40. The molecule has 0 aliphatic heterocycles. The fourth-order valence-corrected chi connectivity index (χ4v) is 1.77. The molecule has 1 heterocycles. The molecule has 0 saturated heterocycles. The van der Waals surface area contributed by atoms with Crippen LogP contribution in [-0.4, -0.2) is 9.97 Å². The van der Waals surface area contributed by atoms with Crippen molar-refractivity contribution in [3.63, 3.8) is 0 Å². The van der Waals surface area contributed by atoms with Gasteiger partial charge < -0.3 is 4.74 Å². The van der Waals surface area contributed by atoms with Crippen molar-refractivity contribution in [2.45, 2.75) is 0 Å². The van der Waals surface area contributed by atoms with Crippen LogP contribution in [0.4, 0.5) is 5.69 Å². The van der Waals surface area contributed by atoms with Crippen molar-refractivity contribution in [3.8, 4) is 17.8 Å². The Morgan fingerprint density at radius 3 is 2.61 bits per heavy atom. The first-order valence-electron chi connectivity index (χ1n) is 4.76. The fraction of sp³-hybridized carbons (Fsp3) is 0. The van der Waals surface area contributed by atoms with Crippen molar-refractivity contribution in [1.82, 2.24) is 9.97 Å². The van der Waals surface area contributed by atoms with Crippen molar-refractivity contribution in [2.75, 3.05) is 0 Å². The fourth-order valence-electron chi connectivity index (χ4n) is 1.16. The van der Waals surface area contributed by atoms with Gasteiger partial charge in [0.1, 0.15) is 17.5 Å². The SMILES string of the molecule is N#Cc1ccc(Oc2ncc(N=O)cn2)cc1I. The Morgan fingerprint density at radius 2 is 2.06 bits per heavy atom. The Balaban J connectivity index is 2.20. The minimum atomic E-state index is 0.114. The molecule has 0 N–H and O–H groups in total. The van der Waals surface area contributed by atoms with Crippen molar-refractivity contribution >= 4 is 28.3 Å². The van der Waals surface area contributed by atoms with Gasteiger partial charge in [0.25, 0.3) is 0 Å². The Hall–Kier alpha value is -2.08. The second kappa shape index (κ2) is 5.50. The zero-order valence-corrected chi connectivity index (χ0v) is 11.0. The number of nitriles is 1. The number of rotatable bonds is 3. The molecule has 0 amide bonds. The minimum absolute atomic E-state index is 0.114. The summed E-state index contributed by atoms with van der Waals surface area (Å²) in [6.45, 7) is 0. The van der Waals surface area contributed by atoms with Crippen LogP contribution in [0.5, 0.6) is 11.8 Å². The van der Waals surface area contributed by atoms with E-state index in [1.165, 1.54) is 12.4 Å². The molecule has 0 unspecified atom stereocenters. The summed E-state index contributed by atoms with van der Waals surface area (Å²) in [5, 5.41) is 11.5. The highest BCUT2D eigenvalue weighted by atomic mass is 127. The molecule has 1 aromatic heterocycles. The lowest BCUT2D eigenvalue weighted by atomic mass is 10.2. The third-order valence-electron chi connectivity index (χ3n) is 1.99. The van der Waals surface area contributed by atoms with E-state index >= 15 is 0 Å². The molecule has 7 heteroatoms. The zero-order chi connectivity index (χ0) is 13.0. The molecule has 0 spiro atoms. The van der Waals surface area contributed by atoms with Crippen LogP contribution in [0, 0.1) is 19.8 Å². The molecule has 18 heavy (non-hydrogen) atoms. The Labute approximate surface area is 116 Å². The Kier molecular flexibility index (Phi) is 3.78. The second-order valence-electron chi connectivity index (χ2n) is 3.17. The molecule has 0 radical (unpaired) electrons. The van der Waals surface area contributed by atoms with Crippen LogP contribution in [-0.2, 0) is 0 Å². The first kappa shape index (κ1) is 12.4. The first-order valence-corrected chi connectivity index (χ1v) is 5.83. The third kappa shape index (κ3) is 2.78. The second-order valence-corrected chi connectivity index (χ2v) is 4.33. The Bertz CT molecular complexity index is 622. The number of nitrogens with zero attached hydrogens (tertiary/aromatic N) is 4. The van der Waals surface area contributed by atoms with Gasteiger partial charge in [-0.1, -0.05) is 0 Å². The highest BCUT2D eigenvalue weighted by Gasteiger charge is 2.04. The normalized spacial score (nSPS) is 9.56. The van der Waals surface area contributed by atoms with Crippen molar-refractivity contribution in [3.05, 3.63) is 44.6 Å². The monoisotopic (exact) mass is 352 g/mol. The lowest BCUT2D eigenvalue weighted by molar-refractivity contribution is 0.441. The van der Waals surface area contributed by atoms with Gasteiger partial charge in [-0.3, -0.25) is 0 Å². The summed E-state index contributed by atoms with van der Waals surface area (Å²) in [5.74, 6) is 0.519. The number of halogens is 1. The van der Waals surface area contributed by atoms with E-state index in [-0.39, 0.29) is 11.7 Å². The standard InChI is InChI=1S/C11H5IN4O2/c12-10-3-9(2-1-7(10)4-13)18-11-14-5-8(16-17)6-15-11/h1-3,5-6H. The van der Waals surface area contributed by atoms with E-state index in [9.17, 15) is 4.91 Å². The molecular weight excluding hydrogens is 347 g/mol. The summed E-state index contributed by atoms with van der Waals surface area (Å²) < 4.78 is 6.15. The van der Waals surface area contributed by atoms with Gasteiger partial charge in [0.15, 0.2) is 0 Å². The minimum Gasteiger partial charge on any atom is -0.424 e. The largest absolute Gasteiger partial charge is 0.424 e. The maximum absolute atomic E-state index is 10.2. The summed E-state index contributed by atoms with van der Waals surface area (Å²) in [7, 11) is 0. The van der Waals surface area contributed by atoms with E-state index in [0.29, 0.717) is 11.3 Å². The van der Waals surface area contributed by atoms with E-state index in [0.717, 1.165) is 3.57 Å². The summed E-state index contributed by atoms with van der Waals surface area (Å²) in [6.07, 6.45) is 2.54. The van der Waals surface area contributed by atoms with E-state index in [2.05, 4.69) is 21.2 Å². The average molecular weight is 352 g/mol. The summed E-state index contributed by atoms with van der Waals surface area (Å²) in [6, 6.07) is 7.18. The predicted octanol–water partition coefficient (Wildman–Crippen LogP) is 3.14. The molecule has 0 bridgehead atoms. The van der Waals surface area contributed by atoms with E-state index < -0.39 is 0 Å². The van der Waals surface area contributed by atoms with Crippen LogP contribution >= 0.6 is 22.6 Å². The molecule has 88 valence electrons. The summed E-state index contributed by atoms with van der Waals surface area (Å²) >= 11 is 2.04. The molecule has 0 aliphatic rings. The highest BCUT2D eigenvalue weighted by molar-refractivity contribution is 14.1. The summed E-state index contributed by atoms with van der Waals surface area (Å²) in [4.78, 5) is 17.8. The molecule has 0 aliphatic carbocycles. The van der Waals surface area contributed by atoms with Crippen LogP contribution in [0.2, 0.25) is 0 Å². The maximum Gasteiger partial charge on any atom is 0.322 e. The van der Waals surface area contributed by atoms with Crippen LogP contribution in [0.1, 0.15) is 5.56 Å². The number of hydrogen-bond donors (Lipinski definition) is 0. The number of aromatic nitrogens is 2. The predicted molar refractivity (Wildman–Crippen MR) is 71.4 cm³/mol. The van der Waals surface area contributed by atoms with Gasteiger partial charge in [-0.25, -0.2) is 9.97 Å². The van der Waals surface area contributed by atoms with E-state index in [1.54, 1.807) is 18.2 Å². The molecule has 1 aromatic carbocycles. The van der Waals surface area contributed by atoms with Crippen LogP contribution in [0.15, 0.2) is 35.8 Å². The maximum atomic E-state index is 10.2. The molecular formula is C11H5IN4O2. The van der Waals surface area contributed by atoms with Crippen LogP contribution in [0.3, 0.4) is 0 Å². The third-order valence-corrected chi connectivity index (χ3v) is 2.88. The van der Waals surface area contributed by atoms with Crippen molar-refractivity contribution < 1.29 is 4.74 Å². The van der Waals surface area contributed by atoms with Crippen LogP contribution in [0.25, 0.3) is 0 Å². The highest BCUT2D eigenvalue weighted by Crippen LogP contribution is 2.23. The Morgan fingerprint density at radius 1 is 1.33 bits per heavy atom. The molecule has 0 atom stereocenters. The van der Waals surface area contributed by atoms with Gasteiger partial charge in [0.2, 0.25) is 0 Å². The summed E-state index contributed by atoms with van der Waals surface area (Å²) in [5.41, 5.74) is 0.709. The van der Waals surface area contributed by atoms with Gasteiger partial charge in [0.05, 0.1) is 18.0 Å². The van der Waals surface area contributed by atoms with Crippen molar-refractivity contribution in [1.29, 1.82) is 5.26 Å². The van der Waals surface area contributed by atoms with E-state index in [1.807, 2.05) is 22.6 Å². The molecule has 2 rings (SSSR count). The van der Waals surface area contributed by atoms with Gasteiger partial charge in [-0.15, -0.1) is 4.91 Å². The van der Waals surface area contributed by atoms with Crippen LogP contribution < -0.4 is 4.74 Å². The number of nitroso groups, excluding NO2 is 1. The zero-order valence-electron chi connectivity index (χ0n) is 8.87. The van der Waals surface area contributed by atoms with Crippen molar-refractivity contribution in [2.24, 2.45) is 5.18 Å². The molecule has 0 saturated carbocycles. The van der Waals surface area contributed by atoms with Gasteiger partial charge >= 0.3 is 6.01 Å². The smallest absolute Gasteiger partial charge is 0.322 e. The number of ether oxygens (including phenoxy) is 1. The molecule has 2 aromatic rings. The first-order chi connectivity index (χ1) is 8.72. The van der Waals surface area contributed by atoms with Gasteiger partial charge in [0, 0.05) is 3.57 Å². The number of benzene rings is 1. The van der Waals surface area contributed by atoms with Gasteiger partial charge in [-0.2, -0.15) is 5.26 Å². The lowest BCUT2D eigenvalue weighted by Crippen LogP contribution is -1.91.